The molecule has 2 N–H and O–H groups in total. The predicted molar refractivity (Wildman–Crippen MR) is 90.5 cm³/mol. The number of benzene rings is 2. The highest BCUT2D eigenvalue weighted by atomic mass is 16.5. The van der Waals surface area contributed by atoms with E-state index in [1.54, 1.807) is 0 Å². The molecule has 21 heavy (non-hydrogen) atoms. The standard InChI is InChI=1S/C18H24N2O/c1-5-20(17-9-7-6-8-14(17)4)15-10-11-16(19)18(12-15)21-13(2)3/h6-13H,5,19H2,1-4H3. The molecule has 0 aliphatic rings. The number of hydrogen-bond acceptors (Lipinski definition) is 3. The van der Waals surface area contributed by atoms with Crippen LogP contribution in [-0.2, 0) is 0 Å². The highest BCUT2D eigenvalue weighted by Gasteiger charge is 2.12. The fourth-order valence-corrected chi connectivity index (χ4v) is 2.41. The molecule has 0 atom stereocenters. The smallest absolute Gasteiger partial charge is 0.144 e. The average molecular weight is 284 g/mol. The first-order valence-corrected chi connectivity index (χ1v) is 7.42. The highest BCUT2D eigenvalue weighted by Crippen LogP contribution is 2.33. The van der Waals surface area contributed by atoms with E-state index in [9.17, 15) is 0 Å². The summed E-state index contributed by atoms with van der Waals surface area (Å²) < 4.78 is 5.79. The van der Waals surface area contributed by atoms with Crippen molar-refractivity contribution in [3.63, 3.8) is 0 Å². The van der Waals surface area contributed by atoms with Gasteiger partial charge in [-0.15, -0.1) is 0 Å². The van der Waals surface area contributed by atoms with E-state index in [1.807, 2.05) is 32.0 Å². The highest BCUT2D eigenvalue weighted by molar-refractivity contribution is 5.70. The Kier molecular flexibility index (Phi) is 4.73. The van der Waals surface area contributed by atoms with Crippen molar-refractivity contribution in [1.29, 1.82) is 0 Å². The molecule has 0 saturated heterocycles. The number of nitrogen functional groups attached to an aromatic ring is 1. The van der Waals surface area contributed by atoms with Gasteiger partial charge in [-0.2, -0.15) is 0 Å². The lowest BCUT2D eigenvalue weighted by molar-refractivity contribution is 0.244. The molecule has 2 aromatic rings. The lowest BCUT2D eigenvalue weighted by atomic mass is 10.1. The summed E-state index contributed by atoms with van der Waals surface area (Å²) in [5.74, 6) is 0.745. The SMILES string of the molecule is CCN(c1ccc(N)c(OC(C)C)c1)c1ccccc1C. The lowest BCUT2D eigenvalue weighted by Crippen LogP contribution is -2.17. The molecular formula is C18H24N2O. The second-order valence-corrected chi connectivity index (χ2v) is 5.42. The van der Waals surface area contributed by atoms with Crippen LogP contribution in [-0.4, -0.2) is 12.6 Å². The van der Waals surface area contributed by atoms with Gasteiger partial charge in [-0.25, -0.2) is 0 Å². The van der Waals surface area contributed by atoms with Crippen LogP contribution in [0.5, 0.6) is 5.75 Å². The zero-order valence-electron chi connectivity index (χ0n) is 13.3. The van der Waals surface area contributed by atoms with E-state index in [1.165, 1.54) is 11.3 Å². The monoisotopic (exact) mass is 284 g/mol. The molecule has 0 aromatic heterocycles. The molecule has 0 aliphatic carbocycles. The molecule has 0 aliphatic heterocycles. The first kappa shape index (κ1) is 15.2. The van der Waals surface area contributed by atoms with E-state index in [0.29, 0.717) is 5.69 Å². The fourth-order valence-electron chi connectivity index (χ4n) is 2.41. The van der Waals surface area contributed by atoms with Gasteiger partial charge in [-0.1, -0.05) is 18.2 Å². The zero-order chi connectivity index (χ0) is 15.4. The van der Waals surface area contributed by atoms with Crippen LogP contribution in [0, 0.1) is 6.92 Å². The predicted octanol–water partition coefficient (Wildman–Crippen LogP) is 4.52. The van der Waals surface area contributed by atoms with E-state index >= 15 is 0 Å². The molecular weight excluding hydrogens is 260 g/mol. The van der Waals surface area contributed by atoms with Crippen LogP contribution in [0.25, 0.3) is 0 Å². The molecule has 3 nitrogen and oxygen atoms in total. The van der Waals surface area contributed by atoms with Crippen molar-refractivity contribution in [3.8, 4) is 5.75 Å². The molecule has 0 fully saturated rings. The lowest BCUT2D eigenvalue weighted by Gasteiger charge is -2.26. The van der Waals surface area contributed by atoms with E-state index in [2.05, 4.69) is 43.0 Å². The summed E-state index contributed by atoms with van der Waals surface area (Å²) in [5.41, 5.74) is 10.2. The normalized spacial score (nSPS) is 10.7. The molecule has 0 heterocycles. The maximum Gasteiger partial charge on any atom is 0.144 e. The Bertz CT molecular complexity index is 608. The number of rotatable bonds is 5. The number of nitrogens with two attached hydrogens (primary N) is 1. The summed E-state index contributed by atoms with van der Waals surface area (Å²) in [6.45, 7) is 9.17. The van der Waals surface area contributed by atoms with Crippen LogP contribution in [0.1, 0.15) is 26.3 Å². The third kappa shape index (κ3) is 3.48. The summed E-state index contributed by atoms with van der Waals surface area (Å²) in [6.07, 6.45) is 0.107. The molecule has 0 unspecified atom stereocenters. The summed E-state index contributed by atoms with van der Waals surface area (Å²) in [4.78, 5) is 2.27. The number of anilines is 3. The van der Waals surface area contributed by atoms with Gasteiger partial charge < -0.3 is 15.4 Å². The molecule has 0 radical (unpaired) electrons. The third-order valence-electron chi connectivity index (χ3n) is 3.39. The van der Waals surface area contributed by atoms with Gasteiger partial charge >= 0.3 is 0 Å². The Morgan fingerprint density at radius 3 is 2.48 bits per heavy atom. The summed E-state index contributed by atoms with van der Waals surface area (Å²) in [6, 6.07) is 14.4. The Morgan fingerprint density at radius 1 is 1.14 bits per heavy atom. The molecule has 2 aromatic carbocycles. The Balaban J connectivity index is 2.41. The summed E-state index contributed by atoms with van der Waals surface area (Å²) in [5, 5.41) is 0. The van der Waals surface area contributed by atoms with Crippen molar-refractivity contribution in [3.05, 3.63) is 48.0 Å². The van der Waals surface area contributed by atoms with Crippen LogP contribution < -0.4 is 15.4 Å². The van der Waals surface area contributed by atoms with E-state index < -0.39 is 0 Å². The molecule has 3 heteroatoms. The maximum atomic E-state index is 6.00. The van der Waals surface area contributed by atoms with Gasteiger partial charge in [0.25, 0.3) is 0 Å². The number of ether oxygens (including phenoxy) is 1. The van der Waals surface area contributed by atoms with Gasteiger partial charge in [0.15, 0.2) is 0 Å². The van der Waals surface area contributed by atoms with Gasteiger partial charge in [-0.05, 0) is 51.5 Å². The number of hydrogen-bond donors (Lipinski definition) is 1. The zero-order valence-corrected chi connectivity index (χ0v) is 13.3. The van der Waals surface area contributed by atoms with Gasteiger partial charge in [-0.3, -0.25) is 0 Å². The largest absolute Gasteiger partial charge is 0.489 e. The Labute approximate surface area is 127 Å². The molecule has 0 saturated carbocycles. The minimum atomic E-state index is 0.107. The second kappa shape index (κ2) is 6.53. The average Bonchev–Trinajstić information content (AvgIpc) is 2.44. The van der Waals surface area contributed by atoms with Crippen molar-refractivity contribution in [2.24, 2.45) is 0 Å². The first-order chi connectivity index (χ1) is 10.0. The van der Waals surface area contributed by atoms with Crippen molar-refractivity contribution < 1.29 is 4.74 Å². The maximum absolute atomic E-state index is 6.00. The van der Waals surface area contributed by atoms with Gasteiger partial charge in [0, 0.05) is 24.0 Å². The number of aryl methyl sites for hydroxylation is 1. The van der Waals surface area contributed by atoms with Gasteiger partial charge in [0.1, 0.15) is 5.75 Å². The molecule has 0 spiro atoms. The van der Waals surface area contributed by atoms with Gasteiger partial charge in [0.05, 0.1) is 11.8 Å². The van der Waals surface area contributed by atoms with E-state index in [0.717, 1.165) is 18.0 Å². The van der Waals surface area contributed by atoms with E-state index in [-0.39, 0.29) is 6.10 Å². The molecule has 0 amide bonds. The minimum Gasteiger partial charge on any atom is -0.489 e. The van der Waals surface area contributed by atoms with Crippen LogP contribution in [0.3, 0.4) is 0 Å². The third-order valence-corrected chi connectivity index (χ3v) is 3.39. The van der Waals surface area contributed by atoms with Crippen LogP contribution >= 0.6 is 0 Å². The topological polar surface area (TPSA) is 38.5 Å². The Hall–Kier alpha value is -2.16. The fraction of sp³-hybridized carbons (Fsp3) is 0.333. The molecule has 0 bridgehead atoms. The van der Waals surface area contributed by atoms with Crippen LogP contribution in [0.2, 0.25) is 0 Å². The molecule has 2 rings (SSSR count). The van der Waals surface area contributed by atoms with Crippen molar-refractivity contribution in [2.45, 2.75) is 33.8 Å². The minimum absolute atomic E-state index is 0.107. The second-order valence-electron chi connectivity index (χ2n) is 5.42. The van der Waals surface area contributed by atoms with Crippen LogP contribution in [0.4, 0.5) is 17.1 Å². The summed E-state index contributed by atoms with van der Waals surface area (Å²) in [7, 11) is 0. The van der Waals surface area contributed by atoms with Crippen LogP contribution in [0.15, 0.2) is 42.5 Å². The van der Waals surface area contributed by atoms with Crippen molar-refractivity contribution in [2.75, 3.05) is 17.2 Å². The number of para-hydroxylation sites is 1. The van der Waals surface area contributed by atoms with Crippen molar-refractivity contribution >= 4 is 17.1 Å². The van der Waals surface area contributed by atoms with E-state index in [4.69, 9.17) is 10.5 Å². The quantitative estimate of drug-likeness (QED) is 0.820. The van der Waals surface area contributed by atoms with Crippen molar-refractivity contribution in [1.82, 2.24) is 0 Å². The Morgan fingerprint density at radius 2 is 1.86 bits per heavy atom. The van der Waals surface area contributed by atoms with Gasteiger partial charge in [0.2, 0.25) is 0 Å². The molecule has 112 valence electrons. The number of nitrogens with zero attached hydrogens (tertiary/aromatic N) is 1. The first-order valence-electron chi connectivity index (χ1n) is 7.42. The summed E-state index contributed by atoms with van der Waals surface area (Å²) >= 11 is 0.